The van der Waals surface area contributed by atoms with Gasteiger partial charge in [-0.05, 0) is 23.6 Å². The minimum absolute atomic E-state index is 0.0875. The molecule has 0 unspecified atom stereocenters. The molecule has 1 aliphatic rings. The number of methoxy groups -OCH3 is 1. The molecular formula is C11H14ClN3O. The van der Waals surface area contributed by atoms with E-state index in [9.17, 15) is 0 Å². The fraction of sp³-hybridized carbons (Fsp3) is 0.364. The molecule has 86 valence electrons. The quantitative estimate of drug-likeness (QED) is 0.578. The van der Waals surface area contributed by atoms with E-state index in [1.54, 1.807) is 12.0 Å². The average Bonchev–Trinajstić information content (AvgIpc) is 2.29. The predicted molar refractivity (Wildman–Crippen MR) is 64.0 cm³/mol. The van der Waals surface area contributed by atoms with Crippen LogP contribution in [0.1, 0.15) is 11.1 Å². The summed E-state index contributed by atoms with van der Waals surface area (Å²) in [5.41, 5.74) is 7.71. The second kappa shape index (κ2) is 4.22. The Bertz CT molecular complexity index is 433. The highest BCUT2D eigenvalue weighted by Crippen LogP contribution is 2.33. The van der Waals surface area contributed by atoms with Crippen LogP contribution in [0.2, 0.25) is 5.02 Å². The van der Waals surface area contributed by atoms with Gasteiger partial charge in [0.15, 0.2) is 5.96 Å². The number of rotatable bonds is 1. The highest BCUT2D eigenvalue weighted by molar-refractivity contribution is 6.33. The summed E-state index contributed by atoms with van der Waals surface area (Å²) < 4.78 is 5.17. The number of halogens is 1. The van der Waals surface area contributed by atoms with Crippen molar-refractivity contribution in [1.82, 2.24) is 4.90 Å². The van der Waals surface area contributed by atoms with Crippen LogP contribution in [0.4, 0.5) is 0 Å². The summed E-state index contributed by atoms with van der Waals surface area (Å²) in [6.07, 6.45) is 0.860. The smallest absolute Gasteiger partial charge is 0.188 e. The van der Waals surface area contributed by atoms with E-state index in [-0.39, 0.29) is 5.96 Å². The minimum Gasteiger partial charge on any atom is -0.495 e. The van der Waals surface area contributed by atoms with E-state index in [1.165, 1.54) is 5.56 Å². The van der Waals surface area contributed by atoms with E-state index < -0.39 is 0 Å². The number of nitrogens with one attached hydrogen (secondary N) is 1. The maximum Gasteiger partial charge on any atom is 0.188 e. The summed E-state index contributed by atoms with van der Waals surface area (Å²) >= 11 is 6.23. The van der Waals surface area contributed by atoms with Gasteiger partial charge in [0.25, 0.3) is 0 Å². The zero-order valence-corrected chi connectivity index (χ0v) is 9.84. The summed E-state index contributed by atoms with van der Waals surface area (Å²) in [4.78, 5) is 1.80. The molecule has 3 N–H and O–H groups in total. The molecule has 0 saturated carbocycles. The molecule has 0 fully saturated rings. The van der Waals surface area contributed by atoms with Gasteiger partial charge in [-0.1, -0.05) is 17.7 Å². The van der Waals surface area contributed by atoms with Crippen molar-refractivity contribution in [1.29, 1.82) is 5.41 Å². The summed E-state index contributed by atoms with van der Waals surface area (Å²) in [5, 5.41) is 8.06. The van der Waals surface area contributed by atoms with E-state index >= 15 is 0 Å². The van der Waals surface area contributed by atoms with E-state index in [0.29, 0.717) is 17.3 Å². The Morgan fingerprint density at radius 1 is 1.56 bits per heavy atom. The lowest BCUT2D eigenvalue weighted by atomic mass is 9.99. The van der Waals surface area contributed by atoms with Gasteiger partial charge in [0, 0.05) is 13.1 Å². The standard InChI is InChI=1S/C11H14ClN3O/c1-16-9-3-2-7-4-5-15(11(13)14)6-8(7)10(9)12/h2-3H,4-6H2,1H3,(H3,13,14). The first-order chi connectivity index (χ1) is 7.63. The van der Waals surface area contributed by atoms with Gasteiger partial charge < -0.3 is 15.4 Å². The lowest BCUT2D eigenvalue weighted by Crippen LogP contribution is -2.40. The van der Waals surface area contributed by atoms with E-state index in [4.69, 9.17) is 27.5 Å². The third-order valence-electron chi connectivity index (χ3n) is 2.87. The number of nitrogens with zero attached hydrogens (tertiary/aromatic N) is 1. The number of hydrogen-bond acceptors (Lipinski definition) is 2. The largest absolute Gasteiger partial charge is 0.495 e. The maximum atomic E-state index is 7.43. The first-order valence-electron chi connectivity index (χ1n) is 5.06. The lowest BCUT2D eigenvalue weighted by Gasteiger charge is -2.30. The first-order valence-corrected chi connectivity index (χ1v) is 5.44. The second-order valence-electron chi connectivity index (χ2n) is 3.78. The van der Waals surface area contributed by atoms with Gasteiger partial charge in [-0.3, -0.25) is 5.41 Å². The number of guanidine groups is 1. The van der Waals surface area contributed by atoms with Gasteiger partial charge in [0.1, 0.15) is 5.75 Å². The Morgan fingerprint density at radius 2 is 2.31 bits per heavy atom. The number of benzene rings is 1. The Morgan fingerprint density at radius 3 is 2.94 bits per heavy atom. The molecule has 5 heteroatoms. The van der Waals surface area contributed by atoms with Gasteiger partial charge in [-0.15, -0.1) is 0 Å². The summed E-state index contributed by atoms with van der Waals surface area (Å²) in [6, 6.07) is 3.90. The molecule has 0 spiro atoms. The Balaban J connectivity index is 2.38. The summed E-state index contributed by atoms with van der Waals surface area (Å²) in [7, 11) is 1.60. The molecule has 1 aromatic rings. The average molecular weight is 240 g/mol. The predicted octanol–water partition coefficient (Wildman–Crippen LogP) is 1.60. The molecule has 1 aromatic carbocycles. The van der Waals surface area contributed by atoms with Crippen LogP contribution >= 0.6 is 11.6 Å². The van der Waals surface area contributed by atoms with Crippen molar-refractivity contribution in [3.63, 3.8) is 0 Å². The number of ether oxygens (including phenoxy) is 1. The van der Waals surface area contributed by atoms with Crippen molar-refractivity contribution in [3.8, 4) is 5.75 Å². The van der Waals surface area contributed by atoms with Crippen molar-refractivity contribution in [2.24, 2.45) is 5.73 Å². The molecule has 0 saturated heterocycles. The monoisotopic (exact) mass is 239 g/mol. The van der Waals surface area contributed by atoms with Crippen LogP contribution in [0, 0.1) is 5.41 Å². The summed E-state index contributed by atoms with van der Waals surface area (Å²) in [5.74, 6) is 0.760. The first kappa shape index (κ1) is 11.1. The van der Waals surface area contributed by atoms with Crippen molar-refractivity contribution < 1.29 is 4.74 Å². The van der Waals surface area contributed by atoms with Crippen molar-refractivity contribution in [3.05, 3.63) is 28.3 Å². The Hall–Kier alpha value is -1.42. The second-order valence-corrected chi connectivity index (χ2v) is 4.15. The molecule has 0 atom stereocenters. The van der Waals surface area contributed by atoms with Crippen LogP contribution in [-0.2, 0) is 13.0 Å². The molecule has 1 aliphatic heterocycles. The zero-order valence-electron chi connectivity index (χ0n) is 9.09. The fourth-order valence-corrected chi connectivity index (χ4v) is 2.25. The number of nitrogens with two attached hydrogens (primary N) is 1. The molecule has 0 radical (unpaired) electrons. The number of fused-ring (bicyclic) bond motifs is 1. The minimum atomic E-state index is 0.0875. The van der Waals surface area contributed by atoms with Gasteiger partial charge in [-0.25, -0.2) is 0 Å². The molecule has 1 heterocycles. The zero-order chi connectivity index (χ0) is 11.7. The van der Waals surface area contributed by atoms with Crippen LogP contribution in [0.5, 0.6) is 5.75 Å². The highest BCUT2D eigenvalue weighted by atomic mass is 35.5. The molecule has 4 nitrogen and oxygen atoms in total. The van der Waals surface area contributed by atoms with Crippen LogP contribution < -0.4 is 10.5 Å². The summed E-state index contributed by atoms with van der Waals surface area (Å²) in [6.45, 7) is 1.35. The van der Waals surface area contributed by atoms with Crippen LogP contribution in [0.25, 0.3) is 0 Å². The van der Waals surface area contributed by atoms with Gasteiger partial charge in [0.2, 0.25) is 0 Å². The molecule has 16 heavy (non-hydrogen) atoms. The van der Waals surface area contributed by atoms with Crippen LogP contribution in [-0.4, -0.2) is 24.5 Å². The maximum absolute atomic E-state index is 7.43. The lowest BCUT2D eigenvalue weighted by molar-refractivity contribution is 0.381. The molecule has 0 amide bonds. The van der Waals surface area contributed by atoms with Crippen molar-refractivity contribution in [2.75, 3.05) is 13.7 Å². The van der Waals surface area contributed by atoms with Crippen molar-refractivity contribution in [2.45, 2.75) is 13.0 Å². The molecule has 2 rings (SSSR count). The third kappa shape index (κ3) is 1.80. The normalized spacial score (nSPS) is 14.5. The topological polar surface area (TPSA) is 62.3 Å². The van der Waals surface area contributed by atoms with Crippen LogP contribution in [0.3, 0.4) is 0 Å². The van der Waals surface area contributed by atoms with Crippen molar-refractivity contribution >= 4 is 17.6 Å². The highest BCUT2D eigenvalue weighted by Gasteiger charge is 2.21. The Labute approximate surface area is 99.5 Å². The molecule has 0 bridgehead atoms. The van der Waals surface area contributed by atoms with E-state index in [2.05, 4.69) is 0 Å². The molecular weight excluding hydrogens is 226 g/mol. The van der Waals surface area contributed by atoms with Gasteiger partial charge >= 0.3 is 0 Å². The number of hydrogen-bond donors (Lipinski definition) is 2. The van der Waals surface area contributed by atoms with Gasteiger partial charge in [-0.2, -0.15) is 0 Å². The third-order valence-corrected chi connectivity index (χ3v) is 3.28. The van der Waals surface area contributed by atoms with Crippen LogP contribution in [0.15, 0.2) is 12.1 Å². The Kier molecular flexibility index (Phi) is 2.92. The van der Waals surface area contributed by atoms with E-state index in [0.717, 1.165) is 18.5 Å². The SMILES string of the molecule is COc1ccc2c(c1Cl)CN(C(=N)N)CC2. The fourth-order valence-electron chi connectivity index (χ4n) is 1.93. The van der Waals surface area contributed by atoms with E-state index in [1.807, 2.05) is 12.1 Å². The molecule has 0 aliphatic carbocycles. The van der Waals surface area contributed by atoms with Gasteiger partial charge in [0.05, 0.1) is 12.1 Å². The molecule has 0 aromatic heterocycles.